The number of hydrogen-bond donors (Lipinski definition) is 1. The van der Waals surface area contributed by atoms with Crippen LogP contribution >= 0.6 is 0 Å². The van der Waals surface area contributed by atoms with E-state index in [0.29, 0.717) is 17.1 Å². The number of carbonyl (C=O) groups is 1. The molecule has 0 amide bonds. The van der Waals surface area contributed by atoms with E-state index < -0.39 is 5.97 Å². The molecule has 0 fully saturated rings. The number of nitrogens with zero attached hydrogens (tertiary/aromatic N) is 4. The predicted octanol–water partition coefficient (Wildman–Crippen LogP) is 1.41. The Morgan fingerprint density at radius 1 is 1.39 bits per heavy atom. The molecule has 6 nitrogen and oxygen atoms in total. The lowest BCUT2D eigenvalue weighted by molar-refractivity contribution is -0.136. The summed E-state index contributed by atoms with van der Waals surface area (Å²) < 4.78 is 1.60. The van der Waals surface area contributed by atoms with E-state index in [4.69, 9.17) is 5.11 Å². The van der Waals surface area contributed by atoms with Crippen LogP contribution in [0.2, 0.25) is 0 Å². The highest BCUT2D eigenvalue weighted by Gasteiger charge is 2.15. The van der Waals surface area contributed by atoms with E-state index in [1.807, 2.05) is 26.0 Å². The number of carboxylic acid groups (broad SMARTS) is 1. The van der Waals surface area contributed by atoms with Crippen LogP contribution in [0.1, 0.15) is 31.2 Å². The minimum Gasteiger partial charge on any atom is -0.481 e. The summed E-state index contributed by atoms with van der Waals surface area (Å²) >= 11 is 0. The van der Waals surface area contributed by atoms with Crippen molar-refractivity contribution in [2.75, 3.05) is 0 Å². The predicted molar refractivity (Wildman–Crippen MR) is 64.6 cm³/mol. The van der Waals surface area contributed by atoms with E-state index in [-0.39, 0.29) is 12.3 Å². The zero-order chi connectivity index (χ0) is 13.1. The molecule has 0 atom stereocenters. The maximum absolute atomic E-state index is 10.8. The molecule has 0 aliphatic rings. The van der Waals surface area contributed by atoms with Crippen LogP contribution in [0.4, 0.5) is 0 Å². The fourth-order valence-corrected chi connectivity index (χ4v) is 1.76. The van der Waals surface area contributed by atoms with Gasteiger partial charge in [-0.15, -0.1) is 5.10 Å². The molecule has 94 valence electrons. The Hall–Kier alpha value is -2.24. The molecule has 18 heavy (non-hydrogen) atoms. The molecule has 0 saturated heterocycles. The molecule has 1 aromatic heterocycles. The number of rotatable bonds is 4. The number of tetrazole rings is 1. The van der Waals surface area contributed by atoms with Gasteiger partial charge in [-0.3, -0.25) is 4.79 Å². The minimum atomic E-state index is -0.873. The molecule has 0 aliphatic heterocycles. The number of benzene rings is 1. The van der Waals surface area contributed by atoms with Gasteiger partial charge in [0.15, 0.2) is 5.82 Å². The molecule has 0 bridgehead atoms. The Bertz CT molecular complexity index is 563. The van der Waals surface area contributed by atoms with Crippen LogP contribution in [0.25, 0.3) is 5.69 Å². The Morgan fingerprint density at radius 2 is 2.11 bits per heavy atom. The number of para-hydroxylation sites is 1. The van der Waals surface area contributed by atoms with Crippen molar-refractivity contribution in [2.24, 2.45) is 0 Å². The normalized spacial score (nSPS) is 10.8. The van der Waals surface area contributed by atoms with Gasteiger partial charge in [-0.1, -0.05) is 32.0 Å². The topological polar surface area (TPSA) is 80.9 Å². The van der Waals surface area contributed by atoms with Crippen molar-refractivity contribution < 1.29 is 9.90 Å². The van der Waals surface area contributed by atoms with Crippen molar-refractivity contribution in [3.63, 3.8) is 0 Å². The van der Waals surface area contributed by atoms with Crippen molar-refractivity contribution in [3.05, 3.63) is 35.7 Å². The summed E-state index contributed by atoms with van der Waals surface area (Å²) in [7, 11) is 0. The Balaban J connectivity index is 2.50. The molecule has 6 heteroatoms. The lowest BCUT2D eigenvalue weighted by Crippen LogP contribution is -2.10. The van der Waals surface area contributed by atoms with Gasteiger partial charge in [0.2, 0.25) is 0 Å². The number of hydrogen-bond acceptors (Lipinski definition) is 4. The van der Waals surface area contributed by atoms with Gasteiger partial charge in [0.25, 0.3) is 0 Å². The molecule has 0 unspecified atom stereocenters. The van der Waals surface area contributed by atoms with E-state index in [2.05, 4.69) is 15.5 Å². The summed E-state index contributed by atoms with van der Waals surface area (Å²) in [5.74, 6) is 0.00680. The largest absolute Gasteiger partial charge is 0.481 e. The van der Waals surface area contributed by atoms with Crippen LogP contribution in [0.5, 0.6) is 0 Å². The number of aliphatic carboxylic acids is 1. The Morgan fingerprint density at radius 3 is 2.78 bits per heavy atom. The van der Waals surface area contributed by atoms with Crippen LogP contribution in [0.15, 0.2) is 24.3 Å². The second kappa shape index (κ2) is 4.95. The molecular weight excluding hydrogens is 232 g/mol. The van der Waals surface area contributed by atoms with Gasteiger partial charge >= 0.3 is 5.97 Å². The highest BCUT2D eigenvalue weighted by molar-refractivity contribution is 5.71. The zero-order valence-electron chi connectivity index (χ0n) is 10.2. The molecular formula is C12H14N4O2. The summed E-state index contributed by atoms with van der Waals surface area (Å²) in [6.45, 7) is 3.98. The van der Waals surface area contributed by atoms with Crippen LogP contribution in [0.3, 0.4) is 0 Å². The van der Waals surface area contributed by atoms with Crippen molar-refractivity contribution in [3.8, 4) is 5.69 Å². The SMILES string of the molecule is CC(C)c1nnnn1-c1ccccc1CC(=O)O. The second-order valence-electron chi connectivity index (χ2n) is 4.30. The molecule has 0 aliphatic carbocycles. The van der Waals surface area contributed by atoms with Crippen molar-refractivity contribution in [2.45, 2.75) is 26.2 Å². The molecule has 1 N–H and O–H groups in total. The third-order valence-corrected chi connectivity index (χ3v) is 2.57. The van der Waals surface area contributed by atoms with Gasteiger partial charge in [-0.25, -0.2) is 0 Å². The average molecular weight is 246 g/mol. The maximum atomic E-state index is 10.8. The van der Waals surface area contributed by atoms with Crippen LogP contribution < -0.4 is 0 Å². The van der Waals surface area contributed by atoms with Crippen LogP contribution in [-0.2, 0) is 11.2 Å². The van der Waals surface area contributed by atoms with Crippen molar-refractivity contribution in [1.29, 1.82) is 0 Å². The van der Waals surface area contributed by atoms with E-state index in [1.165, 1.54) is 0 Å². The standard InChI is InChI=1S/C12H14N4O2/c1-8(2)12-13-14-15-16(12)10-6-4-3-5-9(10)7-11(17)18/h3-6,8H,7H2,1-2H3,(H,17,18). The molecule has 0 saturated carbocycles. The first-order chi connectivity index (χ1) is 8.59. The van der Waals surface area contributed by atoms with E-state index in [9.17, 15) is 4.79 Å². The van der Waals surface area contributed by atoms with Gasteiger partial charge < -0.3 is 5.11 Å². The minimum absolute atomic E-state index is 0.0480. The first-order valence-electron chi connectivity index (χ1n) is 5.68. The molecule has 2 aromatic rings. The smallest absolute Gasteiger partial charge is 0.307 e. The molecule has 0 radical (unpaired) electrons. The lowest BCUT2D eigenvalue weighted by Gasteiger charge is -2.10. The van der Waals surface area contributed by atoms with Crippen molar-refractivity contribution >= 4 is 5.97 Å². The zero-order valence-corrected chi connectivity index (χ0v) is 10.2. The van der Waals surface area contributed by atoms with E-state index in [1.54, 1.807) is 16.8 Å². The Kier molecular flexibility index (Phi) is 3.36. The monoisotopic (exact) mass is 246 g/mol. The van der Waals surface area contributed by atoms with Gasteiger partial charge in [0, 0.05) is 5.92 Å². The molecule has 1 aromatic carbocycles. The quantitative estimate of drug-likeness (QED) is 0.882. The van der Waals surface area contributed by atoms with Gasteiger partial charge in [0.1, 0.15) is 0 Å². The highest BCUT2D eigenvalue weighted by Crippen LogP contribution is 2.19. The van der Waals surface area contributed by atoms with Crippen LogP contribution in [-0.4, -0.2) is 31.3 Å². The number of aromatic nitrogens is 4. The third-order valence-electron chi connectivity index (χ3n) is 2.57. The van der Waals surface area contributed by atoms with Gasteiger partial charge in [-0.2, -0.15) is 4.68 Å². The second-order valence-corrected chi connectivity index (χ2v) is 4.30. The highest BCUT2D eigenvalue weighted by atomic mass is 16.4. The molecule has 0 spiro atoms. The van der Waals surface area contributed by atoms with Crippen LogP contribution in [0, 0.1) is 0 Å². The maximum Gasteiger partial charge on any atom is 0.307 e. The van der Waals surface area contributed by atoms with Crippen molar-refractivity contribution in [1.82, 2.24) is 20.2 Å². The fraction of sp³-hybridized carbons (Fsp3) is 0.333. The third kappa shape index (κ3) is 2.37. The van der Waals surface area contributed by atoms with Gasteiger partial charge in [0.05, 0.1) is 12.1 Å². The molecule has 2 rings (SSSR count). The summed E-state index contributed by atoms with van der Waals surface area (Å²) in [4.78, 5) is 10.8. The van der Waals surface area contributed by atoms with E-state index >= 15 is 0 Å². The fourth-order valence-electron chi connectivity index (χ4n) is 1.76. The first kappa shape index (κ1) is 12.2. The van der Waals surface area contributed by atoms with E-state index in [0.717, 1.165) is 0 Å². The van der Waals surface area contributed by atoms with Gasteiger partial charge in [-0.05, 0) is 22.1 Å². The lowest BCUT2D eigenvalue weighted by atomic mass is 10.1. The average Bonchev–Trinajstić information content (AvgIpc) is 2.77. The summed E-state index contributed by atoms with van der Waals surface area (Å²) in [6, 6.07) is 7.24. The first-order valence-corrected chi connectivity index (χ1v) is 5.68. The summed E-state index contributed by atoms with van der Waals surface area (Å²) in [6.07, 6.45) is -0.0480. The summed E-state index contributed by atoms with van der Waals surface area (Å²) in [5.41, 5.74) is 1.41. The Labute approximate surface area is 104 Å². The number of carboxylic acids is 1. The summed E-state index contributed by atoms with van der Waals surface area (Å²) in [5, 5.41) is 20.5. The molecule has 1 heterocycles.